The number of phenolic OH excluding ortho intramolecular Hbond substituents is 1. The lowest BCUT2D eigenvalue weighted by molar-refractivity contribution is -0.130. The quantitative estimate of drug-likeness (QED) is 0.801. The fourth-order valence-electron chi connectivity index (χ4n) is 3.61. The zero-order chi connectivity index (χ0) is 21.5. The van der Waals surface area contributed by atoms with E-state index in [1.807, 2.05) is 32.0 Å². The van der Waals surface area contributed by atoms with Crippen molar-refractivity contribution in [2.24, 2.45) is 5.41 Å². The molecule has 1 aliphatic heterocycles. The molecule has 0 saturated heterocycles. The van der Waals surface area contributed by atoms with Crippen molar-refractivity contribution in [3.05, 3.63) is 76.1 Å². The summed E-state index contributed by atoms with van der Waals surface area (Å²) in [6.45, 7) is 9.52. The number of nitrogens with zero attached hydrogens (tertiary/aromatic N) is 1. The summed E-state index contributed by atoms with van der Waals surface area (Å²) in [5, 5.41) is 20.3. The highest BCUT2D eigenvalue weighted by Crippen LogP contribution is 2.42. The summed E-state index contributed by atoms with van der Waals surface area (Å²) < 4.78 is 0. The second kappa shape index (κ2) is 7.39. The molecule has 29 heavy (non-hydrogen) atoms. The van der Waals surface area contributed by atoms with Crippen LogP contribution in [0.3, 0.4) is 0 Å². The summed E-state index contributed by atoms with van der Waals surface area (Å²) in [5.74, 6) is -1.23. The van der Waals surface area contributed by atoms with Crippen LogP contribution >= 0.6 is 0 Å². The molecule has 1 atom stereocenters. The first kappa shape index (κ1) is 20.6. The average Bonchev–Trinajstić information content (AvgIpc) is 2.89. The van der Waals surface area contributed by atoms with Crippen molar-refractivity contribution in [2.75, 3.05) is 0 Å². The third kappa shape index (κ3) is 3.90. The molecular formula is C24H27NO4. The van der Waals surface area contributed by atoms with E-state index in [2.05, 4.69) is 0 Å². The van der Waals surface area contributed by atoms with Crippen molar-refractivity contribution in [2.45, 2.75) is 47.2 Å². The van der Waals surface area contributed by atoms with Gasteiger partial charge in [-0.15, -0.1) is 0 Å². The molecule has 2 N–H and O–H groups in total. The molecule has 0 spiro atoms. The molecule has 5 nitrogen and oxygen atoms in total. The predicted octanol–water partition coefficient (Wildman–Crippen LogP) is 4.52. The summed E-state index contributed by atoms with van der Waals surface area (Å²) in [6.07, 6.45) is 0. The van der Waals surface area contributed by atoms with Crippen molar-refractivity contribution in [1.29, 1.82) is 0 Å². The number of carbonyl (C=O) groups excluding carboxylic acids is 2. The van der Waals surface area contributed by atoms with E-state index in [-0.39, 0.29) is 23.7 Å². The van der Waals surface area contributed by atoms with Crippen LogP contribution in [-0.4, -0.2) is 26.8 Å². The monoisotopic (exact) mass is 393 g/mol. The number of phenols is 1. The number of aliphatic hydroxyl groups excluding tert-OH is 1. The Morgan fingerprint density at radius 1 is 1.03 bits per heavy atom. The highest BCUT2D eigenvalue weighted by molar-refractivity contribution is 6.10. The zero-order valence-corrected chi connectivity index (χ0v) is 17.5. The smallest absolute Gasteiger partial charge is 0.290 e. The first-order chi connectivity index (χ1) is 13.5. The topological polar surface area (TPSA) is 77.8 Å². The van der Waals surface area contributed by atoms with Gasteiger partial charge in [-0.25, -0.2) is 0 Å². The maximum Gasteiger partial charge on any atom is 0.290 e. The number of rotatable bonds is 4. The van der Waals surface area contributed by atoms with Crippen molar-refractivity contribution in [3.8, 4) is 5.75 Å². The van der Waals surface area contributed by atoms with Crippen molar-refractivity contribution in [1.82, 2.24) is 4.90 Å². The number of benzene rings is 2. The lowest BCUT2D eigenvalue weighted by atomic mass is 9.82. The Morgan fingerprint density at radius 2 is 1.66 bits per heavy atom. The third-order valence-electron chi connectivity index (χ3n) is 5.28. The Bertz CT molecular complexity index is 997. The average molecular weight is 393 g/mol. The minimum absolute atomic E-state index is 0.0936. The molecule has 0 fully saturated rings. The van der Waals surface area contributed by atoms with Crippen LogP contribution < -0.4 is 0 Å². The van der Waals surface area contributed by atoms with Gasteiger partial charge in [0.1, 0.15) is 5.75 Å². The molecule has 3 rings (SSSR count). The Morgan fingerprint density at radius 3 is 2.24 bits per heavy atom. The van der Waals surface area contributed by atoms with Crippen LogP contribution in [0.2, 0.25) is 0 Å². The largest absolute Gasteiger partial charge is 0.508 e. The van der Waals surface area contributed by atoms with Crippen molar-refractivity contribution < 1.29 is 19.8 Å². The fraction of sp³-hybridized carbons (Fsp3) is 0.333. The van der Waals surface area contributed by atoms with Gasteiger partial charge in [0, 0.05) is 12.0 Å². The number of hydrogen-bond acceptors (Lipinski definition) is 4. The predicted molar refractivity (Wildman–Crippen MR) is 111 cm³/mol. The Kier molecular flexibility index (Phi) is 5.26. The molecule has 0 bridgehead atoms. The van der Waals surface area contributed by atoms with Gasteiger partial charge in [-0.3, -0.25) is 9.59 Å². The minimum atomic E-state index is -0.756. The Labute approximate surface area is 171 Å². The van der Waals surface area contributed by atoms with Gasteiger partial charge in [0.15, 0.2) is 11.5 Å². The summed E-state index contributed by atoms with van der Waals surface area (Å²) in [4.78, 5) is 27.7. The summed E-state index contributed by atoms with van der Waals surface area (Å²) in [5.41, 5.74) is 3.08. The van der Waals surface area contributed by atoms with Gasteiger partial charge < -0.3 is 15.1 Å². The van der Waals surface area contributed by atoms with E-state index in [1.165, 1.54) is 17.0 Å². The molecule has 2 aromatic rings. The van der Waals surface area contributed by atoms with Crippen molar-refractivity contribution >= 4 is 11.7 Å². The van der Waals surface area contributed by atoms with Gasteiger partial charge in [-0.05, 0) is 42.7 Å². The van der Waals surface area contributed by atoms with Crippen LogP contribution in [-0.2, 0) is 16.1 Å². The number of carbonyl (C=O) groups is 2. The van der Waals surface area contributed by atoms with E-state index < -0.39 is 23.1 Å². The fourth-order valence-corrected chi connectivity index (χ4v) is 3.61. The molecule has 0 aliphatic carbocycles. The molecular weight excluding hydrogens is 366 g/mol. The first-order valence-corrected chi connectivity index (χ1v) is 9.64. The molecule has 2 aromatic carbocycles. The Balaban J connectivity index is 2.12. The van der Waals surface area contributed by atoms with Crippen LogP contribution in [0.4, 0.5) is 0 Å². The van der Waals surface area contributed by atoms with Gasteiger partial charge in [-0.1, -0.05) is 56.7 Å². The van der Waals surface area contributed by atoms with E-state index in [0.29, 0.717) is 5.56 Å². The number of hydrogen-bond donors (Lipinski definition) is 2. The van der Waals surface area contributed by atoms with Crippen molar-refractivity contribution in [3.63, 3.8) is 0 Å². The van der Waals surface area contributed by atoms with Gasteiger partial charge in [-0.2, -0.15) is 0 Å². The second-order valence-corrected chi connectivity index (χ2v) is 8.70. The summed E-state index contributed by atoms with van der Waals surface area (Å²) in [6, 6.07) is 11.7. The molecule has 0 radical (unpaired) electrons. The minimum Gasteiger partial charge on any atom is -0.508 e. The molecule has 0 saturated carbocycles. The van der Waals surface area contributed by atoms with Crippen LogP contribution in [0.1, 0.15) is 49.1 Å². The van der Waals surface area contributed by atoms with Crippen LogP contribution in [0, 0.1) is 19.3 Å². The Hall–Kier alpha value is -3.08. The zero-order valence-electron chi connectivity index (χ0n) is 17.5. The SMILES string of the molecule is Cc1ccc(C)c(CN2C(=O)C(O)=C(C(=O)C(C)(C)C)C2c2ccc(O)cc2)c1. The molecule has 1 heterocycles. The van der Waals surface area contributed by atoms with Crippen LogP contribution in [0.25, 0.3) is 0 Å². The number of amides is 1. The molecule has 0 aromatic heterocycles. The number of Topliss-reactive ketones (excluding diaryl/α,β-unsaturated/α-hetero) is 1. The van der Waals surface area contributed by atoms with Gasteiger partial charge in [0.25, 0.3) is 5.91 Å². The normalized spacial score (nSPS) is 17.2. The lowest BCUT2D eigenvalue weighted by Crippen LogP contribution is -2.32. The van der Waals surface area contributed by atoms with E-state index in [9.17, 15) is 19.8 Å². The third-order valence-corrected chi connectivity index (χ3v) is 5.28. The highest BCUT2D eigenvalue weighted by atomic mass is 16.3. The molecule has 1 amide bonds. The van der Waals surface area contributed by atoms with Crippen LogP contribution in [0.15, 0.2) is 53.8 Å². The first-order valence-electron chi connectivity index (χ1n) is 9.64. The molecule has 5 heteroatoms. The number of aliphatic hydroxyl groups is 1. The summed E-state index contributed by atoms with van der Waals surface area (Å²) >= 11 is 0. The summed E-state index contributed by atoms with van der Waals surface area (Å²) in [7, 11) is 0. The van der Waals surface area contributed by atoms with Gasteiger partial charge >= 0.3 is 0 Å². The molecule has 1 aliphatic rings. The van der Waals surface area contributed by atoms with E-state index in [1.54, 1.807) is 32.9 Å². The number of aryl methyl sites for hydroxylation is 2. The maximum absolute atomic E-state index is 13.1. The van der Waals surface area contributed by atoms with E-state index in [0.717, 1.165) is 16.7 Å². The standard InChI is InChI=1S/C24H27NO4/c1-14-6-7-15(2)17(12-14)13-25-20(16-8-10-18(26)11-9-16)19(21(27)23(25)29)22(28)24(3,4)5/h6-12,20,26-27H,13H2,1-5H3. The number of ketones is 1. The van der Waals surface area contributed by atoms with Crippen LogP contribution in [0.5, 0.6) is 5.75 Å². The van der Waals surface area contributed by atoms with E-state index >= 15 is 0 Å². The molecule has 152 valence electrons. The highest BCUT2D eigenvalue weighted by Gasteiger charge is 2.45. The van der Waals surface area contributed by atoms with Gasteiger partial charge in [0.05, 0.1) is 11.6 Å². The number of aromatic hydroxyl groups is 1. The maximum atomic E-state index is 13.1. The molecule has 1 unspecified atom stereocenters. The van der Waals surface area contributed by atoms with E-state index in [4.69, 9.17) is 0 Å². The lowest BCUT2D eigenvalue weighted by Gasteiger charge is -2.29. The van der Waals surface area contributed by atoms with Gasteiger partial charge in [0.2, 0.25) is 0 Å². The second-order valence-electron chi connectivity index (χ2n) is 8.70.